The standard InChI is InChI=1S/C10H10Cl3NO/c1-6-2-3-7(12)10(9(6)13)14-8(15)4-5-11/h2-3H,4-5H2,1H3,(H,14,15). The van der Waals surface area contributed by atoms with Crippen molar-refractivity contribution in [3.8, 4) is 0 Å². The second-order valence-electron chi connectivity index (χ2n) is 3.04. The Balaban J connectivity index is 2.93. The van der Waals surface area contributed by atoms with Crippen molar-refractivity contribution >= 4 is 46.4 Å². The van der Waals surface area contributed by atoms with Crippen molar-refractivity contribution in [3.63, 3.8) is 0 Å². The molecule has 5 heteroatoms. The van der Waals surface area contributed by atoms with E-state index in [1.807, 2.05) is 6.92 Å². The fraction of sp³-hybridized carbons (Fsp3) is 0.300. The van der Waals surface area contributed by atoms with Gasteiger partial charge in [-0.3, -0.25) is 4.79 Å². The van der Waals surface area contributed by atoms with Gasteiger partial charge in [0.25, 0.3) is 0 Å². The zero-order chi connectivity index (χ0) is 11.4. The molecule has 0 saturated carbocycles. The predicted octanol–water partition coefficient (Wildman–Crippen LogP) is 3.87. The highest BCUT2D eigenvalue weighted by Gasteiger charge is 2.10. The van der Waals surface area contributed by atoms with Gasteiger partial charge in [0, 0.05) is 12.3 Å². The van der Waals surface area contributed by atoms with Gasteiger partial charge >= 0.3 is 0 Å². The number of alkyl halides is 1. The van der Waals surface area contributed by atoms with Gasteiger partial charge in [0.1, 0.15) is 0 Å². The number of carbonyl (C=O) groups is 1. The van der Waals surface area contributed by atoms with Crippen LogP contribution >= 0.6 is 34.8 Å². The largest absolute Gasteiger partial charge is 0.324 e. The maximum Gasteiger partial charge on any atom is 0.225 e. The van der Waals surface area contributed by atoms with Crippen LogP contribution in [0.3, 0.4) is 0 Å². The van der Waals surface area contributed by atoms with E-state index >= 15 is 0 Å². The van der Waals surface area contributed by atoms with Crippen molar-refractivity contribution in [2.75, 3.05) is 11.2 Å². The molecule has 1 rings (SSSR count). The van der Waals surface area contributed by atoms with Gasteiger partial charge in [-0.2, -0.15) is 0 Å². The molecule has 0 heterocycles. The fourth-order valence-electron chi connectivity index (χ4n) is 1.06. The summed E-state index contributed by atoms with van der Waals surface area (Å²) >= 11 is 17.4. The first-order chi connectivity index (χ1) is 7.06. The van der Waals surface area contributed by atoms with E-state index in [-0.39, 0.29) is 18.2 Å². The quantitative estimate of drug-likeness (QED) is 0.827. The maximum absolute atomic E-state index is 11.3. The van der Waals surface area contributed by atoms with Crippen LogP contribution in [0, 0.1) is 6.92 Å². The summed E-state index contributed by atoms with van der Waals surface area (Å²) in [5.41, 5.74) is 1.32. The van der Waals surface area contributed by atoms with Gasteiger partial charge in [-0.25, -0.2) is 0 Å². The number of hydrogen-bond acceptors (Lipinski definition) is 1. The highest BCUT2D eigenvalue weighted by atomic mass is 35.5. The Morgan fingerprint density at radius 1 is 1.40 bits per heavy atom. The molecule has 0 bridgehead atoms. The number of aryl methyl sites for hydroxylation is 1. The highest BCUT2D eigenvalue weighted by molar-refractivity contribution is 6.40. The molecule has 0 unspecified atom stereocenters. The summed E-state index contributed by atoms with van der Waals surface area (Å²) in [6.07, 6.45) is 0.238. The van der Waals surface area contributed by atoms with Crippen LogP contribution in [-0.4, -0.2) is 11.8 Å². The van der Waals surface area contributed by atoms with E-state index < -0.39 is 0 Å². The van der Waals surface area contributed by atoms with Crippen molar-refractivity contribution in [1.82, 2.24) is 0 Å². The summed E-state index contributed by atoms with van der Waals surface area (Å²) in [4.78, 5) is 11.3. The third-order valence-corrected chi connectivity index (χ3v) is 2.86. The molecule has 0 spiro atoms. The lowest BCUT2D eigenvalue weighted by Crippen LogP contribution is -2.12. The summed E-state index contributed by atoms with van der Waals surface area (Å²) in [6, 6.07) is 3.49. The number of amides is 1. The number of nitrogens with one attached hydrogen (secondary N) is 1. The average molecular weight is 267 g/mol. The van der Waals surface area contributed by atoms with Crippen LogP contribution in [0.25, 0.3) is 0 Å². The third-order valence-electron chi connectivity index (χ3n) is 1.87. The van der Waals surface area contributed by atoms with Gasteiger partial charge < -0.3 is 5.32 Å². The molecule has 0 aliphatic carbocycles. The highest BCUT2D eigenvalue weighted by Crippen LogP contribution is 2.32. The number of halogens is 3. The minimum Gasteiger partial charge on any atom is -0.324 e. The topological polar surface area (TPSA) is 29.1 Å². The number of anilines is 1. The minimum atomic E-state index is -0.195. The van der Waals surface area contributed by atoms with Crippen LogP contribution in [0.4, 0.5) is 5.69 Å². The van der Waals surface area contributed by atoms with Gasteiger partial charge in [0.05, 0.1) is 15.7 Å². The molecule has 0 saturated heterocycles. The first kappa shape index (κ1) is 12.6. The molecule has 0 aliphatic rings. The van der Waals surface area contributed by atoms with Gasteiger partial charge in [-0.1, -0.05) is 29.3 Å². The molecule has 0 radical (unpaired) electrons. The Labute approximate surface area is 104 Å². The predicted molar refractivity (Wildman–Crippen MR) is 65.2 cm³/mol. The Bertz CT molecular complexity index is 379. The van der Waals surface area contributed by atoms with E-state index in [4.69, 9.17) is 34.8 Å². The number of hydrogen-bond donors (Lipinski definition) is 1. The van der Waals surface area contributed by atoms with Crippen molar-refractivity contribution in [3.05, 3.63) is 27.7 Å². The molecule has 0 aromatic heterocycles. The normalized spacial score (nSPS) is 10.1. The lowest BCUT2D eigenvalue weighted by Gasteiger charge is -2.10. The van der Waals surface area contributed by atoms with Crippen LogP contribution in [0.2, 0.25) is 10.0 Å². The van der Waals surface area contributed by atoms with Crippen LogP contribution < -0.4 is 5.32 Å². The molecule has 1 N–H and O–H groups in total. The van der Waals surface area contributed by atoms with Crippen LogP contribution in [0.1, 0.15) is 12.0 Å². The average Bonchev–Trinajstić information content (AvgIpc) is 2.19. The second-order valence-corrected chi connectivity index (χ2v) is 4.20. The van der Waals surface area contributed by atoms with Crippen LogP contribution in [0.15, 0.2) is 12.1 Å². The zero-order valence-electron chi connectivity index (χ0n) is 8.11. The lowest BCUT2D eigenvalue weighted by atomic mass is 10.2. The molecule has 1 aromatic carbocycles. The molecule has 0 fully saturated rings. The van der Waals surface area contributed by atoms with Gasteiger partial charge in [0.15, 0.2) is 0 Å². The Kier molecular flexibility index (Phi) is 4.71. The monoisotopic (exact) mass is 265 g/mol. The summed E-state index contributed by atoms with van der Waals surface area (Å²) in [7, 11) is 0. The van der Waals surface area contributed by atoms with Gasteiger partial charge in [0.2, 0.25) is 5.91 Å². The number of rotatable bonds is 3. The summed E-state index contributed by atoms with van der Waals surface area (Å²) in [6.45, 7) is 1.84. The number of carbonyl (C=O) groups excluding carboxylic acids is 1. The van der Waals surface area contributed by atoms with Crippen molar-refractivity contribution in [2.24, 2.45) is 0 Å². The van der Waals surface area contributed by atoms with E-state index in [0.717, 1.165) is 5.56 Å². The first-order valence-electron chi connectivity index (χ1n) is 4.36. The molecule has 0 aliphatic heterocycles. The molecule has 1 amide bonds. The molecule has 0 atom stereocenters. The Morgan fingerprint density at radius 3 is 2.67 bits per heavy atom. The Morgan fingerprint density at radius 2 is 2.07 bits per heavy atom. The smallest absolute Gasteiger partial charge is 0.225 e. The molecular formula is C10H10Cl3NO. The SMILES string of the molecule is Cc1ccc(Cl)c(NC(=O)CCCl)c1Cl. The fourth-order valence-corrected chi connectivity index (χ4v) is 1.70. The van der Waals surface area contributed by atoms with Crippen LogP contribution in [-0.2, 0) is 4.79 Å². The van der Waals surface area contributed by atoms with Gasteiger partial charge in [-0.15, -0.1) is 11.6 Å². The third kappa shape index (κ3) is 3.26. The molecule has 2 nitrogen and oxygen atoms in total. The van der Waals surface area contributed by atoms with E-state index in [9.17, 15) is 4.79 Å². The van der Waals surface area contributed by atoms with Crippen molar-refractivity contribution < 1.29 is 4.79 Å². The van der Waals surface area contributed by atoms with E-state index in [0.29, 0.717) is 15.7 Å². The van der Waals surface area contributed by atoms with Crippen molar-refractivity contribution in [1.29, 1.82) is 0 Å². The molecule has 15 heavy (non-hydrogen) atoms. The number of benzene rings is 1. The molecular weight excluding hydrogens is 256 g/mol. The second kappa shape index (κ2) is 5.59. The van der Waals surface area contributed by atoms with E-state index in [1.54, 1.807) is 12.1 Å². The van der Waals surface area contributed by atoms with Crippen LogP contribution in [0.5, 0.6) is 0 Å². The maximum atomic E-state index is 11.3. The van der Waals surface area contributed by atoms with E-state index in [1.165, 1.54) is 0 Å². The first-order valence-corrected chi connectivity index (χ1v) is 5.65. The lowest BCUT2D eigenvalue weighted by molar-refractivity contribution is -0.115. The molecule has 1 aromatic rings. The zero-order valence-corrected chi connectivity index (χ0v) is 10.4. The van der Waals surface area contributed by atoms with E-state index in [2.05, 4.69) is 5.32 Å². The summed E-state index contributed by atoms with van der Waals surface area (Å²) in [5.74, 6) is 0.0757. The van der Waals surface area contributed by atoms with Crippen molar-refractivity contribution in [2.45, 2.75) is 13.3 Å². The minimum absolute atomic E-state index is 0.195. The summed E-state index contributed by atoms with van der Waals surface area (Å²) < 4.78 is 0. The summed E-state index contributed by atoms with van der Waals surface area (Å²) in [5, 5.41) is 3.52. The van der Waals surface area contributed by atoms with Gasteiger partial charge in [-0.05, 0) is 18.6 Å². The Hall–Kier alpha value is -0.440. The molecule has 82 valence electrons.